The van der Waals surface area contributed by atoms with Crippen molar-refractivity contribution in [2.24, 2.45) is 5.92 Å². The van der Waals surface area contributed by atoms with Gasteiger partial charge in [-0.15, -0.1) is 0 Å². The van der Waals surface area contributed by atoms with Crippen LogP contribution in [-0.4, -0.2) is 0 Å². The van der Waals surface area contributed by atoms with Crippen molar-refractivity contribution in [3.05, 3.63) is 65.7 Å². The monoisotopic (exact) mass is 223 g/mol. The molecule has 1 saturated carbocycles. The summed E-state index contributed by atoms with van der Waals surface area (Å²) in [5.74, 6) is 1.93. The van der Waals surface area contributed by atoms with Crippen LogP contribution in [0, 0.1) is 5.92 Å². The molecule has 1 fully saturated rings. The van der Waals surface area contributed by atoms with Crippen LogP contribution in [0.4, 0.5) is 5.69 Å². The predicted molar refractivity (Wildman–Crippen MR) is 71.9 cm³/mol. The third-order valence-corrected chi connectivity index (χ3v) is 3.92. The first kappa shape index (κ1) is 10.4. The van der Waals surface area contributed by atoms with Crippen LogP contribution in [0.5, 0.6) is 0 Å². The van der Waals surface area contributed by atoms with Gasteiger partial charge in [0.25, 0.3) is 0 Å². The highest BCUT2D eigenvalue weighted by Gasteiger charge is 2.48. The number of nitrogen functional groups attached to an aromatic ring is 1. The summed E-state index contributed by atoms with van der Waals surface area (Å²) in [6.45, 7) is 2.31. The first-order chi connectivity index (χ1) is 8.29. The van der Waals surface area contributed by atoms with Crippen LogP contribution < -0.4 is 5.73 Å². The van der Waals surface area contributed by atoms with E-state index < -0.39 is 0 Å². The Hall–Kier alpha value is -1.76. The minimum Gasteiger partial charge on any atom is -0.398 e. The Balaban J connectivity index is 1.91. The summed E-state index contributed by atoms with van der Waals surface area (Å²) in [5, 5.41) is 0. The van der Waals surface area contributed by atoms with Crippen molar-refractivity contribution >= 4 is 5.69 Å². The van der Waals surface area contributed by atoms with E-state index in [1.54, 1.807) is 0 Å². The fourth-order valence-electron chi connectivity index (χ4n) is 2.94. The van der Waals surface area contributed by atoms with Crippen molar-refractivity contribution in [3.63, 3.8) is 0 Å². The third-order valence-electron chi connectivity index (χ3n) is 3.92. The van der Waals surface area contributed by atoms with Gasteiger partial charge in [0.1, 0.15) is 0 Å². The molecule has 3 rings (SSSR count). The molecule has 2 N–H and O–H groups in total. The lowest BCUT2D eigenvalue weighted by Gasteiger charge is -2.04. The number of rotatable bonds is 2. The Bertz CT molecular complexity index is 518. The Morgan fingerprint density at radius 3 is 2.18 bits per heavy atom. The molecule has 0 unspecified atom stereocenters. The maximum atomic E-state index is 6.06. The van der Waals surface area contributed by atoms with Crippen LogP contribution in [0.3, 0.4) is 0 Å². The van der Waals surface area contributed by atoms with Crippen LogP contribution in [0.25, 0.3) is 0 Å². The molecule has 0 bridgehead atoms. The number of para-hydroxylation sites is 1. The summed E-state index contributed by atoms with van der Waals surface area (Å²) in [4.78, 5) is 0. The number of nitrogens with two attached hydrogens (primary N) is 1. The standard InChI is InChI=1S/C16H17N/c1-11-15(12-7-3-2-4-8-12)16(11)13-9-5-6-10-14(13)17/h2-11,15-16H,17H2,1H3/t11-,15-,16-/m1/s1. The first-order valence-corrected chi connectivity index (χ1v) is 6.18. The van der Waals surface area contributed by atoms with Gasteiger partial charge in [0.2, 0.25) is 0 Å². The van der Waals surface area contributed by atoms with E-state index in [2.05, 4.69) is 49.4 Å². The molecule has 1 aliphatic rings. The Kier molecular flexibility index (Phi) is 2.40. The molecule has 17 heavy (non-hydrogen) atoms. The van der Waals surface area contributed by atoms with E-state index in [4.69, 9.17) is 5.73 Å². The number of hydrogen-bond acceptors (Lipinski definition) is 1. The quantitative estimate of drug-likeness (QED) is 0.770. The highest BCUT2D eigenvalue weighted by Crippen LogP contribution is 2.61. The SMILES string of the molecule is C[C@@H]1[C@H](c2ccccc2)[C@H]1c1ccccc1N. The van der Waals surface area contributed by atoms with Crippen molar-refractivity contribution in [2.45, 2.75) is 18.8 Å². The normalized spacial score (nSPS) is 26.8. The molecule has 0 aliphatic heterocycles. The summed E-state index contributed by atoms with van der Waals surface area (Å²) < 4.78 is 0. The van der Waals surface area contributed by atoms with E-state index in [1.165, 1.54) is 11.1 Å². The number of hydrogen-bond donors (Lipinski definition) is 1. The second-order valence-corrected chi connectivity index (χ2v) is 4.95. The van der Waals surface area contributed by atoms with Gasteiger partial charge in [-0.05, 0) is 34.9 Å². The molecule has 1 aliphatic carbocycles. The van der Waals surface area contributed by atoms with Crippen LogP contribution in [-0.2, 0) is 0 Å². The molecule has 1 nitrogen and oxygen atoms in total. The average Bonchev–Trinajstić information content (AvgIpc) is 3.02. The zero-order valence-electron chi connectivity index (χ0n) is 10.0. The molecular weight excluding hydrogens is 206 g/mol. The predicted octanol–water partition coefficient (Wildman–Crippen LogP) is 3.79. The smallest absolute Gasteiger partial charge is 0.0349 e. The van der Waals surface area contributed by atoms with Crippen molar-refractivity contribution in [1.29, 1.82) is 0 Å². The fourth-order valence-corrected chi connectivity index (χ4v) is 2.94. The van der Waals surface area contributed by atoms with Gasteiger partial charge in [0.05, 0.1) is 0 Å². The van der Waals surface area contributed by atoms with Crippen LogP contribution in [0.15, 0.2) is 54.6 Å². The van der Waals surface area contributed by atoms with E-state index in [1.807, 2.05) is 12.1 Å². The molecule has 0 spiro atoms. The van der Waals surface area contributed by atoms with Crippen molar-refractivity contribution in [2.75, 3.05) is 5.73 Å². The summed E-state index contributed by atoms with van der Waals surface area (Å²) >= 11 is 0. The molecule has 2 aromatic rings. The van der Waals surface area contributed by atoms with Gasteiger partial charge in [0.15, 0.2) is 0 Å². The second kappa shape index (κ2) is 3.92. The average molecular weight is 223 g/mol. The highest BCUT2D eigenvalue weighted by atomic mass is 14.6. The van der Waals surface area contributed by atoms with Crippen molar-refractivity contribution in [1.82, 2.24) is 0 Å². The van der Waals surface area contributed by atoms with Crippen LogP contribution in [0.1, 0.15) is 29.9 Å². The fraction of sp³-hybridized carbons (Fsp3) is 0.250. The van der Waals surface area contributed by atoms with Gasteiger partial charge in [-0.3, -0.25) is 0 Å². The van der Waals surface area contributed by atoms with Crippen LogP contribution >= 0.6 is 0 Å². The lowest BCUT2D eigenvalue weighted by Crippen LogP contribution is -1.92. The van der Waals surface area contributed by atoms with Crippen molar-refractivity contribution < 1.29 is 0 Å². The third kappa shape index (κ3) is 1.72. The Labute approximate surface area is 102 Å². The van der Waals surface area contributed by atoms with Crippen molar-refractivity contribution in [3.8, 4) is 0 Å². The molecule has 86 valence electrons. The van der Waals surface area contributed by atoms with Crippen LogP contribution in [0.2, 0.25) is 0 Å². The zero-order valence-corrected chi connectivity index (χ0v) is 10.0. The summed E-state index contributed by atoms with van der Waals surface area (Å²) in [5.41, 5.74) is 9.75. The maximum absolute atomic E-state index is 6.06. The summed E-state index contributed by atoms with van der Waals surface area (Å²) in [6, 6.07) is 19.0. The lowest BCUT2D eigenvalue weighted by molar-refractivity contribution is 0.896. The molecule has 3 atom stereocenters. The molecule has 0 heterocycles. The first-order valence-electron chi connectivity index (χ1n) is 6.18. The maximum Gasteiger partial charge on any atom is 0.0349 e. The molecular formula is C16H17N. The molecule has 0 aromatic heterocycles. The van der Waals surface area contributed by atoms with Gasteiger partial charge in [-0.25, -0.2) is 0 Å². The molecule has 0 radical (unpaired) electrons. The van der Waals surface area contributed by atoms with E-state index in [0.29, 0.717) is 17.8 Å². The zero-order chi connectivity index (χ0) is 11.8. The van der Waals surface area contributed by atoms with E-state index in [-0.39, 0.29) is 0 Å². The molecule has 0 amide bonds. The highest BCUT2D eigenvalue weighted by molar-refractivity contribution is 5.53. The number of benzene rings is 2. The van der Waals surface area contributed by atoms with E-state index in [9.17, 15) is 0 Å². The summed E-state index contributed by atoms with van der Waals surface area (Å²) in [7, 11) is 0. The van der Waals surface area contributed by atoms with E-state index in [0.717, 1.165) is 5.69 Å². The molecule has 2 aromatic carbocycles. The van der Waals surface area contributed by atoms with Gasteiger partial charge in [-0.2, -0.15) is 0 Å². The number of anilines is 1. The largest absolute Gasteiger partial charge is 0.398 e. The minimum atomic E-state index is 0.596. The van der Waals surface area contributed by atoms with Gasteiger partial charge >= 0.3 is 0 Å². The molecule has 0 saturated heterocycles. The topological polar surface area (TPSA) is 26.0 Å². The summed E-state index contributed by atoms with van der Waals surface area (Å²) in [6.07, 6.45) is 0. The lowest BCUT2D eigenvalue weighted by atomic mass is 10.0. The minimum absolute atomic E-state index is 0.596. The van der Waals surface area contributed by atoms with Gasteiger partial charge < -0.3 is 5.73 Å². The Morgan fingerprint density at radius 2 is 1.47 bits per heavy atom. The van der Waals surface area contributed by atoms with E-state index >= 15 is 0 Å². The Morgan fingerprint density at radius 1 is 0.824 bits per heavy atom. The van der Waals surface area contributed by atoms with Gasteiger partial charge in [0, 0.05) is 5.69 Å². The second-order valence-electron chi connectivity index (χ2n) is 4.95. The molecule has 1 heteroatoms. The van der Waals surface area contributed by atoms with Gasteiger partial charge in [-0.1, -0.05) is 55.5 Å².